The Labute approximate surface area is 297 Å². The van der Waals surface area contributed by atoms with Crippen LogP contribution in [0.2, 0.25) is 0 Å². The molecule has 0 bridgehead atoms. The summed E-state index contributed by atoms with van der Waals surface area (Å²) >= 11 is 0. The average Bonchev–Trinajstić information content (AvgIpc) is 3.69. The first kappa shape index (κ1) is 28.2. The van der Waals surface area contributed by atoms with E-state index in [2.05, 4.69) is 204 Å². The first-order chi connectivity index (χ1) is 25.3. The predicted octanol–water partition coefficient (Wildman–Crippen LogP) is 12.6. The van der Waals surface area contributed by atoms with E-state index < -0.39 is 5.41 Å². The Hall–Kier alpha value is -6.64. The summed E-state index contributed by atoms with van der Waals surface area (Å²) in [5.41, 5.74) is 16.9. The number of benzene rings is 8. The van der Waals surface area contributed by atoms with Crippen LogP contribution in [0.1, 0.15) is 22.3 Å². The number of hydrogen-bond acceptors (Lipinski definition) is 1. The molecule has 2 nitrogen and oxygen atoms in total. The normalized spacial score (nSPS) is 15.1. The second kappa shape index (κ2) is 10.7. The van der Waals surface area contributed by atoms with E-state index in [1.165, 1.54) is 72.0 Å². The first-order valence-electron chi connectivity index (χ1n) is 17.7. The van der Waals surface area contributed by atoms with E-state index in [-0.39, 0.29) is 0 Å². The fraction of sp³-hybridized carbons (Fsp3) is 0.0204. The molecule has 1 spiro atoms. The summed E-state index contributed by atoms with van der Waals surface area (Å²) in [6, 6.07) is 71.5. The summed E-state index contributed by atoms with van der Waals surface area (Å²) in [6.45, 7) is 0. The molecule has 238 valence electrons. The molecule has 0 saturated carbocycles. The molecule has 0 N–H and O–H groups in total. The minimum absolute atomic E-state index is 0.503. The van der Waals surface area contributed by atoms with Crippen LogP contribution >= 0.6 is 0 Å². The lowest BCUT2D eigenvalue weighted by molar-refractivity contribution is 0.748. The number of hydrogen-bond donors (Lipinski definition) is 0. The number of para-hydroxylation sites is 4. The SMILES string of the molecule is c1ccc(-c2cccc(N(c3ccccc3)c3ccc4c(c3)C3(c5ccccc5-4)c4ccccc4-n4c5ccccc5c5cccc3c54)c2)cc1. The van der Waals surface area contributed by atoms with Crippen molar-refractivity contribution in [3.05, 3.63) is 216 Å². The van der Waals surface area contributed by atoms with Gasteiger partial charge in [-0.05, 0) is 93.0 Å². The summed E-state index contributed by atoms with van der Waals surface area (Å²) < 4.78 is 2.51. The van der Waals surface area contributed by atoms with Gasteiger partial charge in [-0.25, -0.2) is 0 Å². The smallest absolute Gasteiger partial charge is 0.0755 e. The van der Waals surface area contributed by atoms with Crippen LogP contribution in [0, 0.1) is 0 Å². The van der Waals surface area contributed by atoms with E-state index in [1.807, 2.05) is 0 Å². The lowest BCUT2D eigenvalue weighted by Crippen LogP contribution is -2.33. The highest BCUT2D eigenvalue weighted by Gasteiger charge is 2.51. The Balaban J connectivity index is 1.23. The summed E-state index contributed by atoms with van der Waals surface area (Å²) in [7, 11) is 0. The molecule has 0 radical (unpaired) electrons. The minimum Gasteiger partial charge on any atom is -0.310 e. The van der Waals surface area contributed by atoms with E-state index in [1.54, 1.807) is 0 Å². The van der Waals surface area contributed by atoms with Gasteiger partial charge in [0, 0.05) is 27.8 Å². The first-order valence-corrected chi connectivity index (χ1v) is 17.7. The highest BCUT2D eigenvalue weighted by Crippen LogP contribution is 2.61. The van der Waals surface area contributed by atoms with Crippen molar-refractivity contribution in [3.8, 4) is 27.9 Å². The van der Waals surface area contributed by atoms with Crippen molar-refractivity contribution < 1.29 is 0 Å². The number of rotatable bonds is 4. The maximum absolute atomic E-state index is 2.51. The molecule has 1 aliphatic heterocycles. The third-order valence-electron chi connectivity index (χ3n) is 11.2. The summed E-state index contributed by atoms with van der Waals surface area (Å²) in [4.78, 5) is 2.41. The van der Waals surface area contributed by atoms with Crippen LogP contribution in [0.15, 0.2) is 194 Å². The van der Waals surface area contributed by atoms with Gasteiger partial charge in [0.05, 0.1) is 22.1 Å². The van der Waals surface area contributed by atoms with E-state index in [0.717, 1.165) is 17.1 Å². The Morgan fingerprint density at radius 3 is 1.86 bits per heavy atom. The van der Waals surface area contributed by atoms with Crippen LogP contribution in [-0.2, 0) is 5.41 Å². The zero-order chi connectivity index (χ0) is 33.5. The lowest BCUT2D eigenvalue weighted by atomic mass is 9.65. The van der Waals surface area contributed by atoms with Gasteiger partial charge < -0.3 is 9.47 Å². The molecule has 2 heteroatoms. The largest absolute Gasteiger partial charge is 0.310 e. The molecule has 9 aromatic rings. The standard InChI is InChI=1S/C49H32N2/c1-3-15-33(16-4-1)34-17-13-20-36(31-34)50(35-18-5-2-6-19-35)37-29-30-39-38-21-7-9-24-42(38)49(45(39)32-37)43-25-10-12-28-47(43)51-46-27-11-8-22-40(46)41-23-14-26-44(49)48(41)51/h1-32H. The third kappa shape index (κ3) is 3.82. The molecule has 11 rings (SSSR count). The monoisotopic (exact) mass is 648 g/mol. The fourth-order valence-corrected chi connectivity index (χ4v) is 9.17. The van der Waals surface area contributed by atoms with Crippen LogP contribution in [0.4, 0.5) is 17.1 Å². The number of anilines is 3. The van der Waals surface area contributed by atoms with Crippen LogP contribution in [0.5, 0.6) is 0 Å². The molecular weight excluding hydrogens is 617 g/mol. The van der Waals surface area contributed by atoms with Gasteiger partial charge in [0.15, 0.2) is 0 Å². The van der Waals surface area contributed by atoms with E-state index in [0.29, 0.717) is 0 Å². The van der Waals surface area contributed by atoms with Gasteiger partial charge >= 0.3 is 0 Å². The zero-order valence-corrected chi connectivity index (χ0v) is 27.9. The van der Waals surface area contributed by atoms with Crippen LogP contribution in [0.25, 0.3) is 49.7 Å². The van der Waals surface area contributed by atoms with Gasteiger partial charge in [-0.1, -0.05) is 146 Å². The predicted molar refractivity (Wildman–Crippen MR) is 212 cm³/mol. The van der Waals surface area contributed by atoms with Gasteiger partial charge in [-0.3, -0.25) is 0 Å². The Bertz CT molecular complexity index is 2810. The molecule has 8 aromatic carbocycles. The Morgan fingerprint density at radius 2 is 0.980 bits per heavy atom. The van der Waals surface area contributed by atoms with Gasteiger partial charge in [-0.2, -0.15) is 0 Å². The van der Waals surface area contributed by atoms with Crippen molar-refractivity contribution in [1.82, 2.24) is 4.57 Å². The van der Waals surface area contributed by atoms with Crippen molar-refractivity contribution in [2.75, 3.05) is 4.90 Å². The van der Waals surface area contributed by atoms with Crippen molar-refractivity contribution in [1.29, 1.82) is 0 Å². The van der Waals surface area contributed by atoms with E-state index in [4.69, 9.17) is 0 Å². The third-order valence-corrected chi connectivity index (χ3v) is 11.2. The molecule has 1 aliphatic carbocycles. The molecule has 1 atom stereocenters. The average molecular weight is 649 g/mol. The summed E-state index contributed by atoms with van der Waals surface area (Å²) in [5, 5.41) is 2.58. The summed E-state index contributed by atoms with van der Waals surface area (Å²) in [5.74, 6) is 0. The minimum atomic E-state index is -0.503. The fourth-order valence-electron chi connectivity index (χ4n) is 9.17. The van der Waals surface area contributed by atoms with Gasteiger partial charge in [0.2, 0.25) is 0 Å². The number of fused-ring (bicyclic) bond motifs is 12. The molecular formula is C49H32N2. The maximum Gasteiger partial charge on any atom is 0.0755 e. The molecule has 2 heterocycles. The van der Waals surface area contributed by atoms with Gasteiger partial charge in [0.25, 0.3) is 0 Å². The van der Waals surface area contributed by atoms with E-state index in [9.17, 15) is 0 Å². The van der Waals surface area contributed by atoms with Gasteiger partial charge in [-0.15, -0.1) is 0 Å². The number of nitrogens with zero attached hydrogens (tertiary/aromatic N) is 2. The van der Waals surface area contributed by atoms with Crippen molar-refractivity contribution >= 4 is 38.9 Å². The second-order valence-electron chi connectivity index (χ2n) is 13.7. The van der Waals surface area contributed by atoms with Crippen molar-refractivity contribution in [2.24, 2.45) is 0 Å². The molecule has 51 heavy (non-hydrogen) atoms. The Morgan fingerprint density at radius 1 is 0.373 bits per heavy atom. The van der Waals surface area contributed by atoms with Crippen LogP contribution in [0.3, 0.4) is 0 Å². The lowest BCUT2D eigenvalue weighted by Gasteiger charge is -2.40. The maximum atomic E-state index is 2.51. The van der Waals surface area contributed by atoms with Gasteiger partial charge in [0.1, 0.15) is 0 Å². The van der Waals surface area contributed by atoms with Crippen molar-refractivity contribution in [3.63, 3.8) is 0 Å². The quantitative estimate of drug-likeness (QED) is 0.184. The zero-order valence-electron chi connectivity index (χ0n) is 27.9. The van der Waals surface area contributed by atoms with Crippen molar-refractivity contribution in [2.45, 2.75) is 5.41 Å². The second-order valence-corrected chi connectivity index (χ2v) is 13.7. The van der Waals surface area contributed by atoms with Crippen LogP contribution in [-0.4, -0.2) is 4.57 Å². The topological polar surface area (TPSA) is 8.17 Å². The highest BCUT2D eigenvalue weighted by molar-refractivity contribution is 6.13. The van der Waals surface area contributed by atoms with Crippen LogP contribution < -0.4 is 4.90 Å². The molecule has 1 unspecified atom stereocenters. The number of aromatic nitrogens is 1. The summed E-state index contributed by atoms with van der Waals surface area (Å²) in [6.07, 6.45) is 0. The highest BCUT2D eigenvalue weighted by atomic mass is 15.1. The molecule has 1 aromatic heterocycles. The molecule has 0 amide bonds. The molecule has 0 fully saturated rings. The van der Waals surface area contributed by atoms with E-state index >= 15 is 0 Å². The molecule has 0 saturated heterocycles. The molecule has 2 aliphatic rings. The Kier molecular flexibility index (Phi) is 5.91.